The van der Waals surface area contributed by atoms with E-state index in [1.807, 2.05) is 4.90 Å². The van der Waals surface area contributed by atoms with E-state index in [4.69, 9.17) is 33.7 Å². The summed E-state index contributed by atoms with van der Waals surface area (Å²) in [5, 5.41) is 6.30. The number of fused-ring (bicyclic) bond motifs is 4. The lowest BCUT2D eigenvalue weighted by Crippen LogP contribution is -2.54. The van der Waals surface area contributed by atoms with Gasteiger partial charge in [0.15, 0.2) is 0 Å². The van der Waals surface area contributed by atoms with Crippen LogP contribution >= 0.6 is 23.2 Å². The summed E-state index contributed by atoms with van der Waals surface area (Å²) in [6.45, 7) is 4.78. The lowest BCUT2D eigenvalue weighted by Gasteiger charge is -2.45. The van der Waals surface area contributed by atoms with Crippen LogP contribution in [0.4, 0.5) is 15.8 Å². The molecule has 2 saturated heterocycles. The van der Waals surface area contributed by atoms with Gasteiger partial charge in [0.1, 0.15) is 17.0 Å². The molecule has 6 rings (SSSR count). The Morgan fingerprint density at radius 2 is 1.91 bits per heavy atom. The number of primary amides is 1. The molecule has 4 unspecified atom stereocenters. The summed E-state index contributed by atoms with van der Waals surface area (Å²) in [4.78, 5) is 42.7. The summed E-state index contributed by atoms with van der Waals surface area (Å²) < 4.78 is 21.5. The standard InChI is InChI=1S/C32H31Cl2FN4O4/c1-31(2)11-12-39-24(15-31)32(19-9-8-17(33)14-22(19)38-30(32)42)25(18-5-4-6-20(34)26(18)35)27(39)29(41)37-21-10-7-16(28(36)40)13-23(21)43-3/h4-10,13-14,24-25,27H,11-12,15H2,1-3H3,(H2,36,40)(H,37,41)(H,38,42). The van der Waals surface area contributed by atoms with E-state index < -0.39 is 41.0 Å². The number of nitrogens with one attached hydrogen (secondary N) is 2. The minimum atomic E-state index is -1.33. The highest BCUT2D eigenvalue weighted by Gasteiger charge is 2.70. The van der Waals surface area contributed by atoms with Crippen molar-refractivity contribution in [3.8, 4) is 5.75 Å². The summed E-state index contributed by atoms with van der Waals surface area (Å²) >= 11 is 12.7. The number of hydrogen-bond acceptors (Lipinski definition) is 5. The third kappa shape index (κ3) is 4.56. The van der Waals surface area contributed by atoms with Gasteiger partial charge in [0.2, 0.25) is 17.7 Å². The largest absolute Gasteiger partial charge is 0.495 e. The maximum absolute atomic E-state index is 16.1. The summed E-state index contributed by atoms with van der Waals surface area (Å²) in [6, 6.07) is 12.9. The first kappa shape index (κ1) is 29.4. The first-order valence-electron chi connectivity index (χ1n) is 14.0. The number of carbonyl (C=O) groups excluding carboxylic acids is 3. The van der Waals surface area contributed by atoms with Gasteiger partial charge >= 0.3 is 0 Å². The zero-order chi connectivity index (χ0) is 30.8. The van der Waals surface area contributed by atoms with Gasteiger partial charge in [-0.2, -0.15) is 0 Å². The number of nitrogens with two attached hydrogens (primary N) is 1. The topological polar surface area (TPSA) is 114 Å². The zero-order valence-electron chi connectivity index (χ0n) is 23.8. The van der Waals surface area contributed by atoms with Gasteiger partial charge in [-0.25, -0.2) is 4.39 Å². The van der Waals surface area contributed by atoms with Crippen molar-refractivity contribution in [3.63, 3.8) is 0 Å². The van der Waals surface area contributed by atoms with Crippen molar-refractivity contribution in [1.82, 2.24) is 4.90 Å². The Kier molecular flexibility index (Phi) is 7.18. The molecule has 3 heterocycles. The molecule has 0 bridgehead atoms. The highest BCUT2D eigenvalue weighted by Crippen LogP contribution is 2.62. The lowest BCUT2D eigenvalue weighted by atomic mass is 9.61. The van der Waals surface area contributed by atoms with Crippen LogP contribution in [0.15, 0.2) is 54.6 Å². The second-order valence-corrected chi connectivity index (χ2v) is 13.1. The van der Waals surface area contributed by atoms with Crippen LogP contribution in [0.1, 0.15) is 54.1 Å². The van der Waals surface area contributed by atoms with E-state index in [0.29, 0.717) is 34.9 Å². The van der Waals surface area contributed by atoms with Gasteiger partial charge in [0.25, 0.3) is 0 Å². The Bertz CT molecular complexity index is 1680. The quantitative estimate of drug-likeness (QED) is 0.336. The van der Waals surface area contributed by atoms with Gasteiger partial charge in [-0.1, -0.05) is 55.2 Å². The lowest BCUT2D eigenvalue weighted by molar-refractivity contribution is -0.123. The van der Waals surface area contributed by atoms with E-state index in [-0.39, 0.29) is 33.2 Å². The van der Waals surface area contributed by atoms with Crippen LogP contribution in [-0.2, 0) is 15.0 Å². The zero-order valence-corrected chi connectivity index (χ0v) is 25.4. The van der Waals surface area contributed by atoms with Gasteiger partial charge in [0.05, 0.1) is 23.9 Å². The van der Waals surface area contributed by atoms with Crippen LogP contribution in [0.5, 0.6) is 5.75 Å². The van der Waals surface area contributed by atoms with Gasteiger partial charge in [0, 0.05) is 28.2 Å². The van der Waals surface area contributed by atoms with Crippen LogP contribution in [0, 0.1) is 11.2 Å². The SMILES string of the molecule is COc1cc(C(N)=O)ccc1NC(=O)C1C(c2cccc(Cl)c2F)C2(C(=O)Nc3cc(Cl)ccc32)C2CC(C)(C)CCN12. The second kappa shape index (κ2) is 10.5. The minimum absolute atomic E-state index is 0.101. The highest BCUT2D eigenvalue weighted by atomic mass is 35.5. The maximum atomic E-state index is 16.1. The molecule has 3 amide bonds. The molecule has 4 atom stereocenters. The number of carbonyl (C=O) groups is 3. The molecule has 0 saturated carbocycles. The van der Waals surface area contributed by atoms with Crippen LogP contribution < -0.4 is 21.1 Å². The fourth-order valence-corrected chi connectivity index (χ4v) is 7.69. The average Bonchev–Trinajstić information content (AvgIpc) is 3.40. The van der Waals surface area contributed by atoms with Crippen molar-refractivity contribution < 1.29 is 23.5 Å². The maximum Gasteiger partial charge on any atom is 0.248 e. The number of benzene rings is 3. The van der Waals surface area contributed by atoms with Crippen molar-refractivity contribution in [1.29, 1.82) is 0 Å². The summed E-state index contributed by atoms with van der Waals surface area (Å²) in [7, 11) is 1.41. The molecule has 0 aromatic heterocycles. The number of ether oxygens (including phenoxy) is 1. The summed E-state index contributed by atoms with van der Waals surface area (Å²) in [6.07, 6.45) is 1.35. The first-order chi connectivity index (χ1) is 20.4. The van der Waals surface area contributed by atoms with Gasteiger partial charge in [-0.3, -0.25) is 19.3 Å². The van der Waals surface area contributed by atoms with Crippen molar-refractivity contribution in [3.05, 3.63) is 87.2 Å². The normalized spacial score (nSPS) is 25.6. The van der Waals surface area contributed by atoms with Gasteiger partial charge in [-0.15, -0.1) is 0 Å². The fraction of sp³-hybridized carbons (Fsp3) is 0.344. The number of rotatable bonds is 5. The number of nitrogens with zero attached hydrogens (tertiary/aromatic N) is 1. The molecule has 3 aromatic carbocycles. The molecule has 3 aliphatic heterocycles. The Labute approximate surface area is 258 Å². The number of hydrogen-bond donors (Lipinski definition) is 3. The van der Waals surface area contributed by atoms with E-state index in [1.165, 1.54) is 31.4 Å². The number of piperidine rings is 1. The fourth-order valence-electron chi connectivity index (χ4n) is 7.33. The van der Waals surface area contributed by atoms with E-state index in [0.717, 1.165) is 6.42 Å². The predicted octanol–water partition coefficient (Wildman–Crippen LogP) is 5.73. The molecular formula is C32H31Cl2FN4O4. The van der Waals surface area contributed by atoms with Gasteiger partial charge in [-0.05, 0) is 72.3 Å². The van der Waals surface area contributed by atoms with E-state index in [9.17, 15) is 14.4 Å². The molecule has 3 aliphatic rings. The molecular weight excluding hydrogens is 594 g/mol. The Hall–Kier alpha value is -3.66. The number of halogens is 3. The highest BCUT2D eigenvalue weighted by molar-refractivity contribution is 6.31. The molecule has 0 aliphatic carbocycles. The Balaban J connectivity index is 1.57. The van der Waals surface area contributed by atoms with E-state index in [2.05, 4.69) is 24.5 Å². The summed E-state index contributed by atoms with van der Waals surface area (Å²) in [5.74, 6) is -2.81. The first-order valence-corrected chi connectivity index (χ1v) is 14.7. The third-order valence-electron chi connectivity index (χ3n) is 9.26. The smallest absolute Gasteiger partial charge is 0.248 e. The number of amides is 3. The number of methoxy groups -OCH3 is 1. The van der Waals surface area contributed by atoms with Crippen molar-refractivity contribution >= 4 is 52.3 Å². The molecule has 2 fully saturated rings. The second-order valence-electron chi connectivity index (χ2n) is 12.2. The van der Waals surface area contributed by atoms with Gasteiger partial charge < -0.3 is 21.1 Å². The van der Waals surface area contributed by atoms with Crippen molar-refractivity contribution in [2.24, 2.45) is 11.1 Å². The van der Waals surface area contributed by atoms with E-state index >= 15 is 4.39 Å². The van der Waals surface area contributed by atoms with Crippen LogP contribution in [0.3, 0.4) is 0 Å². The molecule has 1 spiro atoms. The molecule has 43 heavy (non-hydrogen) atoms. The van der Waals surface area contributed by atoms with Crippen molar-refractivity contribution in [2.75, 3.05) is 24.3 Å². The van der Waals surface area contributed by atoms with Crippen LogP contribution in [-0.4, -0.2) is 48.4 Å². The molecule has 3 aromatic rings. The van der Waals surface area contributed by atoms with Crippen LogP contribution in [0.2, 0.25) is 10.0 Å². The summed E-state index contributed by atoms with van der Waals surface area (Å²) in [5.41, 5.74) is 5.86. The van der Waals surface area contributed by atoms with E-state index in [1.54, 1.807) is 30.3 Å². The predicted molar refractivity (Wildman–Crippen MR) is 163 cm³/mol. The molecule has 0 radical (unpaired) electrons. The Morgan fingerprint density at radius 3 is 2.63 bits per heavy atom. The molecule has 11 heteroatoms. The Morgan fingerprint density at radius 1 is 1.14 bits per heavy atom. The molecule has 224 valence electrons. The number of anilines is 2. The van der Waals surface area contributed by atoms with Crippen LogP contribution in [0.25, 0.3) is 0 Å². The molecule has 8 nitrogen and oxygen atoms in total. The molecule has 4 N–H and O–H groups in total. The monoisotopic (exact) mass is 624 g/mol. The average molecular weight is 626 g/mol. The third-order valence-corrected chi connectivity index (χ3v) is 9.79. The van der Waals surface area contributed by atoms with Crippen molar-refractivity contribution in [2.45, 2.75) is 50.1 Å². The minimum Gasteiger partial charge on any atom is -0.495 e.